The van der Waals surface area contributed by atoms with Crippen molar-refractivity contribution in [3.05, 3.63) is 110 Å². The van der Waals surface area contributed by atoms with Crippen molar-refractivity contribution < 1.29 is 19.0 Å². The Labute approximate surface area is 282 Å². The first kappa shape index (κ1) is 33.4. The third-order valence-electron chi connectivity index (χ3n) is 7.61. The van der Waals surface area contributed by atoms with E-state index in [1.807, 2.05) is 69.3 Å². The summed E-state index contributed by atoms with van der Waals surface area (Å²) >= 11 is 3.55. The molecule has 0 radical (unpaired) electrons. The van der Waals surface area contributed by atoms with Crippen molar-refractivity contribution >= 4 is 44.6 Å². The van der Waals surface area contributed by atoms with Crippen LogP contribution in [-0.2, 0) is 4.79 Å². The van der Waals surface area contributed by atoms with E-state index in [2.05, 4.69) is 40.2 Å². The highest BCUT2D eigenvalue weighted by Crippen LogP contribution is 2.37. The number of para-hydroxylation sites is 2. The predicted octanol–water partition coefficient (Wildman–Crippen LogP) is 7.87. The van der Waals surface area contributed by atoms with Gasteiger partial charge >= 0.3 is 0 Å². The predicted molar refractivity (Wildman–Crippen MR) is 190 cm³/mol. The van der Waals surface area contributed by atoms with Crippen LogP contribution < -0.4 is 25.1 Å². The number of fused-ring (bicyclic) bond motifs is 1. The van der Waals surface area contributed by atoms with E-state index in [9.17, 15) is 9.59 Å². The number of aryl methyl sites for hydroxylation is 2. The Kier molecular flexibility index (Phi) is 10.4. The summed E-state index contributed by atoms with van der Waals surface area (Å²) in [6, 6.07) is 22.3. The fourth-order valence-corrected chi connectivity index (χ4v) is 5.77. The van der Waals surface area contributed by atoms with E-state index in [1.165, 1.54) is 11.8 Å². The second kappa shape index (κ2) is 14.6. The number of methoxy groups -OCH3 is 1. The van der Waals surface area contributed by atoms with E-state index < -0.39 is 0 Å². The van der Waals surface area contributed by atoms with Gasteiger partial charge in [0.1, 0.15) is 5.75 Å². The molecule has 0 saturated heterocycles. The number of anilines is 1. The van der Waals surface area contributed by atoms with Crippen LogP contribution in [0, 0.1) is 13.8 Å². The summed E-state index contributed by atoms with van der Waals surface area (Å²) in [5, 5.41) is 7.97. The average molecular weight is 698 g/mol. The first-order valence-corrected chi connectivity index (χ1v) is 16.1. The zero-order valence-electron chi connectivity index (χ0n) is 27.3. The number of hydrogen-bond donors (Lipinski definition) is 1. The molecule has 0 fully saturated rings. The zero-order valence-corrected chi connectivity index (χ0v) is 28.8. The number of rotatable bonds is 11. The molecule has 1 N–H and O–H groups in total. The quantitative estimate of drug-likeness (QED) is 0.141. The molecule has 0 spiro atoms. The number of nitrogens with zero attached hydrogens (tertiary/aromatic N) is 3. The molecule has 1 aromatic heterocycles. The molecule has 47 heavy (non-hydrogen) atoms. The number of amides is 1. The minimum absolute atomic E-state index is 0.180. The second-order valence-corrected chi connectivity index (χ2v) is 12.1. The normalized spacial score (nSPS) is 11.3. The van der Waals surface area contributed by atoms with Gasteiger partial charge < -0.3 is 19.5 Å². The topological polar surface area (TPSA) is 104 Å². The second-order valence-electron chi connectivity index (χ2n) is 11.3. The zero-order chi connectivity index (χ0) is 33.7. The van der Waals surface area contributed by atoms with E-state index in [1.54, 1.807) is 30.5 Å². The maximum Gasteiger partial charge on any atom is 0.282 e. The van der Waals surface area contributed by atoms with Crippen LogP contribution in [0.4, 0.5) is 5.69 Å². The number of ether oxygens (including phenoxy) is 3. The number of aromatic nitrogens is 2. The fraction of sp³-hybridized carbons (Fsp3) is 0.243. The lowest BCUT2D eigenvalue weighted by molar-refractivity contribution is -0.118. The molecule has 0 saturated carbocycles. The van der Waals surface area contributed by atoms with Gasteiger partial charge in [-0.25, -0.2) is 4.98 Å². The molecule has 5 aromatic rings. The fourth-order valence-electron chi connectivity index (χ4n) is 5.19. The summed E-state index contributed by atoms with van der Waals surface area (Å²) in [6.07, 6.45) is 1.57. The number of benzene rings is 4. The average Bonchev–Trinajstić information content (AvgIpc) is 3.04. The lowest BCUT2D eigenvalue weighted by Crippen LogP contribution is -2.21. The number of hydrogen-bond acceptors (Lipinski definition) is 7. The van der Waals surface area contributed by atoms with E-state index >= 15 is 0 Å². The van der Waals surface area contributed by atoms with Crippen molar-refractivity contribution in [2.45, 2.75) is 40.5 Å². The standard InChI is InChI=1S/C37H37BrN4O5/c1-7-46-32-16-24(5)28(19-27(32)22(2)3)36-41-31-15-11-9-13-26(31)37(44)42(36)39-20-25-17-29(38)35(33(18-25)45-6)47-21-34(43)40-30-14-10-8-12-23(30)4/h8-20,22H,7,21H2,1-6H3,(H,40,43). The first-order chi connectivity index (χ1) is 22.6. The van der Waals surface area contributed by atoms with Gasteiger partial charge in [-0.05, 0) is 107 Å². The van der Waals surface area contributed by atoms with Gasteiger partial charge in [-0.1, -0.05) is 44.2 Å². The molecule has 0 bridgehead atoms. The molecule has 9 nitrogen and oxygen atoms in total. The molecule has 1 amide bonds. The smallest absolute Gasteiger partial charge is 0.282 e. The van der Waals surface area contributed by atoms with Crippen molar-refractivity contribution in [2.75, 3.05) is 25.6 Å². The highest BCUT2D eigenvalue weighted by molar-refractivity contribution is 9.10. The van der Waals surface area contributed by atoms with Crippen LogP contribution in [0.2, 0.25) is 0 Å². The van der Waals surface area contributed by atoms with Crippen molar-refractivity contribution in [3.8, 4) is 28.6 Å². The van der Waals surface area contributed by atoms with Crippen molar-refractivity contribution in [3.63, 3.8) is 0 Å². The van der Waals surface area contributed by atoms with Crippen LogP contribution in [-0.4, -0.2) is 42.1 Å². The largest absolute Gasteiger partial charge is 0.494 e. The molecule has 10 heteroatoms. The summed E-state index contributed by atoms with van der Waals surface area (Å²) in [7, 11) is 1.51. The third kappa shape index (κ3) is 7.38. The van der Waals surface area contributed by atoms with Gasteiger partial charge in [-0.2, -0.15) is 9.78 Å². The van der Waals surface area contributed by atoms with Gasteiger partial charge in [0, 0.05) is 11.3 Å². The van der Waals surface area contributed by atoms with Crippen LogP contribution in [0.25, 0.3) is 22.3 Å². The molecule has 5 rings (SSSR count). The molecule has 0 aliphatic carbocycles. The highest BCUT2D eigenvalue weighted by atomic mass is 79.9. The Bertz CT molecular complexity index is 2040. The van der Waals surface area contributed by atoms with Crippen LogP contribution >= 0.6 is 15.9 Å². The Morgan fingerprint density at radius 1 is 1.00 bits per heavy atom. The maximum atomic E-state index is 13.9. The Hall–Kier alpha value is -4.96. The molecule has 0 unspecified atom stereocenters. The van der Waals surface area contributed by atoms with Gasteiger partial charge in [-0.3, -0.25) is 9.59 Å². The number of carbonyl (C=O) groups is 1. The summed E-state index contributed by atoms with van der Waals surface area (Å²) in [5.74, 6) is 1.85. The molecule has 0 aliphatic heterocycles. The Balaban J connectivity index is 1.51. The van der Waals surface area contributed by atoms with E-state index in [0.717, 1.165) is 33.7 Å². The Morgan fingerprint density at radius 3 is 2.47 bits per heavy atom. The molecule has 242 valence electrons. The van der Waals surface area contributed by atoms with Gasteiger partial charge in [0.15, 0.2) is 23.9 Å². The van der Waals surface area contributed by atoms with Gasteiger partial charge in [-0.15, -0.1) is 0 Å². The first-order valence-electron chi connectivity index (χ1n) is 15.3. The summed E-state index contributed by atoms with van der Waals surface area (Å²) in [6.45, 7) is 10.4. The molecule has 4 aromatic carbocycles. The third-order valence-corrected chi connectivity index (χ3v) is 8.20. The Morgan fingerprint density at radius 2 is 1.74 bits per heavy atom. The minimum Gasteiger partial charge on any atom is -0.494 e. The van der Waals surface area contributed by atoms with E-state index in [-0.39, 0.29) is 24.0 Å². The monoisotopic (exact) mass is 696 g/mol. The maximum absolute atomic E-state index is 13.9. The van der Waals surface area contributed by atoms with Crippen LogP contribution in [0.15, 0.2) is 87.2 Å². The van der Waals surface area contributed by atoms with E-state index in [4.69, 9.17) is 19.2 Å². The number of nitrogens with one attached hydrogen (secondary N) is 1. The minimum atomic E-state index is -0.306. The summed E-state index contributed by atoms with van der Waals surface area (Å²) < 4.78 is 19.3. The van der Waals surface area contributed by atoms with Gasteiger partial charge in [0.2, 0.25) is 0 Å². The van der Waals surface area contributed by atoms with Gasteiger partial charge in [0.25, 0.3) is 11.5 Å². The molecule has 0 aliphatic rings. The molecular weight excluding hydrogens is 660 g/mol. The van der Waals surface area contributed by atoms with Crippen LogP contribution in [0.3, 0.4) is 0 Å². The van der Waals surface area contributed by atoms with Crippen LogP contribution in [0.5, 0.6) is 17.2 Å². The van der Waals surface area contributed by atoms with Gasteiger partial charge in [0.05, 0.1) is 35.3 Å². The highest BCUT2D eigenvalue weighted by Gasteiger charge is 2.19. The molecule has 0 atom stereocenters. The SMILES string of the molecule is CCOc1cc(C)c(-c2nc3ccccc3c(=O)n2N=Cc2cc(Br)c(OCC(=O)Nc3ccccc3C)c(OC)c2)cc1C(C)C. The number of halogens is 1. The molecule has 1 heterocycles. The number of carbonyl (C=O) groups excluding carboxylic acids is 1. The summed E-state index contributed by atoms with van der Waals surface area (Å²) in [5.41, 5.74) is 5.28. The molecular formula is C37H37BrN4O5. The lowest BCUT2D eigenvalue weighted by atomic mass is 9.96. The van der Waals surface area contributed by atoms with E-state index in [0.29, 0.717) is 44.9 Å². The summed E-state index contributed by atoms with van der Waals surface area (Å²) in [4.78, 5) is 31.4. The lowest BCUT2D eigenvalue weighted by Gasteiger charge is -2.18. The van der Waals surface area contributed by atoms with Crippen molar-refractivity contribution in [1.82, 2.24) is 9.66 Å². The van der Waals surface area contributed by atoms with Crippen LogP contribution in [0.1, 0.15) is 48.9 Å². The van der Waals surface area contributed by atoms with Crippen molar-refractivity contribution in [1.29, 1.82) is 0 Å². The van der Waals surface area contributed by atoms with Crippen molar-refractivity contribution in [2.24, 2.45) is 5.10 Å².